The van der Waals surface area contributed by atoms with Crippen LogP contribution in [0.3, 0.4) is 0 Å². The average molecular weight is 210 g/mol. The first-order valence-corrected chi connectivity index (χ1v) is 6.25. The number of hydrogen-bond donors (Lipinski definition) is 1. The zero-order valence-corrected chi connectivity index (χ0v) is 9.83. The van der Waals surface area contributed by atoms with Gasteiger partial charge in [-0.25, -0.2) is 0 Å². The molecule has 86 valence electrons. The van der Waals surface area contributed by atoms with Crippen LogP contribution in [0, 0.1) is 23.2 Å². The van der Waals surface area contributed by atoms with Gasteiger partial charge in [0, 0.05) is 0 Å². The van der Waals surface area contributed by atoms with E-state index in [1.54, 1.807) is 0 Å². The summed E-state index contributed by atoms with van der Waals surface area (Å²) in [4.78, 5) is 10.8. The molecule has 0 aromatic heterocycles. The van der Waals surface area contributed by atoms with Gasteiger partial charge in [-0.05, 0) is 55.8 Å². The van der Waals surface area contributed by atoms with Gasteiger partial charge in [0.15, 0.2) is 0 Å². The third kappa shape index (κ3) is 2.04. The van der Waals surface area contributed by atoms with E-state index in [9.17, 15) is 4.79 Å². The molecule has 0 aromatic carbocycles. The van der Waals surface area contributed by atoms with Crippen molar-refractivity contribution in [2.75, 3.05) is 0 Å². The lowest BCUT2D eigenvalue weighted by atomic mass is 9.52. The molecule has 0 heterocycles. The molecule has 0 bridgehead atoms. The van der Waals surface area contributed by atoms with Crippen LogP contribution in [0.2, 0.25) is 0 Å². The van der Waals surface area contributed by atoms with Crippen molar-refractivity contribution < 1.29 is 9.90 Å². The fourth-order valence-electron chi connectivity index (χ4n) is 3.41. The third-order valence-electron chi connectivity index (χ3n) is 4.73. The number of hydrogen-bond acceptors (Lipinski definition) is 1. The molecule has 0 aromatic rings. The van der Waals surface area contributed by atoms with Crippen LogP contribution < -0.4 is 0 Å². The molecular weight excluding hydrogens is 188 g/mol. The Kier molecular flexibility index (Phi) is 2.78. The lowest BCUT2D eigenvalue weighted by molar-refractivity contribution is -0.145. The topological polar surface area (TPSA) is 37.3 Å². The molecule has 2 heteroatoms. The van der Waals surface area contributed by atoms with Gasteiger partial charge in [-0.3, -0.25) is 4.79 Å². The number of aliphatic carboxylic acids is 1. The van der Waals surface area contributed by atoms with Crippen molar-refractivity contribution in [1.82, 2.24) is 0 Å². The molecular formula is C13H22O2. The van der Waals surface area contributed by atoms with E-state index < -0.39 is 5.97 Å². The molecule has 2 rings (SSSR count). The van der Waals surface area contributed by atoms with Crippen LogP contribution in [-0.2, 0) is 4.79 Å². The lowest BCUT2D eigenvalue weighted by Crippen LogP contribution is -2.43. The highest BCUT2D eigenvalue weighted by molar-refractivity contribution is 5.70. The second kappa shape index (κ2) is 3.80. The molecule has 15 heavy (non-hydrogen) atoms. The minimum absolute atomic E-state index is 0.0475. The second-order valence-corrected chi connectivity index (χ2v) is 6.02. The van der Waals surface area contributed by atoms with Gasteiger partial charge in [0.25, 0.3) is 0 Å². The van der Waals surface area contributed by atoms with Crippen molar-refractivity contribution in [1.29, 1.82) is 0 Å². The Balaban J connectivity index is 1.83. The van der Waals surface area contributed by atoms with E-state index in [4.69, 9.17) is 5.11 Å². The van der Waals surface area contributed by atoms with E-state index in [-0.39, 0.29) is 5.92 Å². The third-order valence-corrected chi connectivity index (χ3v) is 4.73. The molecule has 0 amide bonds. The summed E-state index contributed by atoms with van der Waals surface area (Å²) in [5, 5.41) is 8.94. The van der Waals surface area contributed by atoms with Crippen molar-refractivity contribution in [3.05, 3.63) is 0 Å². The predicted octanol–water partition coefficient (Wildman–Crippen LogP) is 3.31. The molecule has 0 saturated heterocycles. The standard InChI is InChI=1S/C13H22O2/c1-9(2)11-7-13(8-11)5-3-10(4-6-13)12(14)15/h9-11H,3-8H2,1-2H3,(H,14,15). The molecule has 1 N–H and O–H groups in total. The Labute approximate surface area is 92.1 Å². The van der Waals surface area contributed by atoms with Gasteiger partial charge in [-0.15, -0.1) is 0 Å². The van der Waals surface area contributed by atoms with E-state index in [0.717, 1.165) is 37.5 Å². The maximum absolute atomic E-state index is 10.8. The van der Waals surface area contributed by atoms with Gasteiger partial charge in [0.1, 0.15) is 0 Å². The first-order chi connectivity index (χ1) is 7.02. The number of carboxylic acid groups (broad SMARTS) is 1. The minimum Gasteiger partial charge on any atom is -0.481 e. The van der Waals surface area contributed by atoms with E-state index in [1.807, 2.05) is 0 Å². The van der Waals surface area contributed by atoms with Crippen molar-refractivity contribution in [2.45, 2.75) is 52.4 Å². The summed E-state index contributed by atoms with van der Waals surface area (Å²) in [7, 11) is 0. The average Bonchev–Trinajstić information content (AvgIpc) is 2.13. The Morgan fingerprint density at radius 1 is 1.27 bits per heavy atom. The van der Waals surface area contributed by atoms with Crippen LogP contribution in [0.15, 0.2) is 0 Å². The Morgan fingerprint density at radius 2 is 1.80 bits per heavy atom. The molecule has 0 aliphatic heterocycles. The van der Waals surface area contributed by atoms with Gasteiger partial charge in [-0.2, -0.15) is 0 Å². The summed E-state index contributed by atoms with van der Waals surface area (Å²) in [6, 6.07) is 0. The Morgan fingerprint density at radius 3 is 2.20 bits per heavy atom. The summed E-state index contributed by atoms with van der Waals surface area (Å²) in [6.45, 7) is 4.61. The van der Waals surface area contributed by atoms with Gasteiger partial charge in [0.05, 0.1) is 5.92 Å². The van der Waals surface area contributed by atoms with Crippen molar-refractivity contribution in [3.8, 4) is 0 Å². The van der Waals surface area contributed by atoms with E-state index in [2.05, 4.69) is 13.8 Å². The quantitative estimate of drug-likeness (QED) is 0.759. The summed E-state index contributed by atoms with van der Waals surface area (Å²) < 4.78 is 0. The highest BCUT2D eigenvalue weighted by atomic mass is 16.4. The zero-order valence-electron chi connectivity index (χ0n) is 9.83. The highest BCUT2D eigenvalue weighted by Crippen LogP contribution is 2.57. The van der Waals surface area contributed by atoms with E-state index >= 15 is 0 Å². The predicted molar refractivity (Wildman–Crippen MR) is 59.6 cm³/mol. The molecule has 1 spiro atoms. The van der Waals surface area contributed by atoms with Crippen molar-refractivity contribution in [2.24, 2.45) is 23.2 Å². The van der Waals surface area contributed by atoms with E-state index in [0.29, 0.717) is 5.41 Å². The molecule has 2 fully saturated rings. The van der Waals surface area contributed by atoms with Gasteiger partial charge in [-0.1, -0.05) is 13.8 Å². The smallest absolute Gasteiger partial charge is 0.306 e. The summed E-state index contributed by atoms with van der Waals surface area (Å²) in [5.74, 6) is 1.09. The second-order valence-electron chi connectivity index (χ2n) is 6.02. The molecule has 0 radical (unpaired) electrons. The van der Waals surface area contributed by atoms with Crippen LogP contribution in [0.4, 0.5) is 0 Å². The molecule has 2 aliphatic rings. The van der Waals surface area contributed by atoms with Crippen LogP contribution in [-0.4, -0.2) is 11.1 Å². The maximum Gasteiger partial charge on any atom is 0.306 e. The van der Waals surface area contributed by atoms with Crippen LogP contribution >= 0.6 is 0 Å². The first-order valence-electron chi connectivity index (χ1n) is 6.25. The summed E-state index contributed by atoms with van der Waals surface area (Å²) in [6.07, 6.45) is 6.87. The minimum atomic E-state index is -0.579. The number of carboxylic acids is 1. The van der Waals surface area contributed by atoms with Gasteiger partial charge < -0.3 is 5.11 Å². The van der Waals surface area contributed by atoms with Gasteiger partial charge in [0.2, 0.25) is 0 Å². The zero-order chi connectivity index (χ0) is 11.1. The van der Waals surface area contributed by atoms with Crippen molar-refractivity contribution >= 4 is 5.97 Å². The highest BCUT2D eigenvalue weighted by Gasteiger charge is 2.47. The van der Waals surface area contributed by atoms with Crippen molar-refractivity contribution in [3.63, 3.8) is 0 Å². The molecule has 0 atom stereocenters. The fourth-order valence-corrected chi connectivity index (χ4v) is 3.41. The monoisotopic (exact) mass is 210 g/mol. The van der Waals surface area contributed by atoms with Crippen LogP contribution in [0.25, 0.3) is 0 Å². The molecule has 2 nitrogen and oxygen atoms in total. The number of rotatable bonds is 2. The maximum atomic E-state index is 10.8. The fraction of sp³-hybridized carbons (Fsp3) is 0.923. The molecule has 2 saturated carbocycles. The van der Waals surface area contributed by atoms with Crippen LogP contribution in [0.1, 0.15) is 52.4 Å². The lowest BCUT2D eigenvalue weighted by Gasteiger charge is -2.52. The molecule has 2 aliphatic carbocycles. The largest absolute Gasteiger partial charge is 0.481 e. The number of carbonyl (C=O) groups is 1. The summed E-state index contributed by atoms with van der Waals surface area (Å²) >= 11 is 0. The van der Waals surface area contributed by atoms with E-state index in [1.165, 1.54) is 12.8 Å². The Hall–Kier alpha value is -0.530. The van der Waals surface area contributed by atoms with Gasteiger partial charge >= 0.3 is 5.97 Å². The normalized spacial score (nSPS) is 40.5. The first kappa shape index (κ1) is 11.0. The Bertz CT molecular complexity index is 241. The molecule has 0 unspecified atom stereocenters. The SMILES string of the molecule is CC(C)C1CC2(CCC(C(=O)O)CC2)C1. The van der Waals surface area contributed by atoms with Crippen LogP contribution in [0.5, 0.6) is 0 Å². The summed E-state index contributed by atoms with van der Waals surface area (Å²) in [5.41, 5.74) is 0.556.